The second kappa shape index (κ2) is 6.91. The van der Waals surface area contributed by atoms with Crippen LogP contribution in [0.15, 0.2) is 18.2 Å². The first-order chi connectivity index (χ1) is 11.1. The molecule has 1 aliphatic carbocycles. The number of rotatable bonds is 3. The molecule has 124 valence electrons. The Morgan fingerprint density at radius 1 is 1.26 bits per heavy atom. The number of hydrogen-bond acceptors (Lipinski definition) is 2. The van der Waals surface area contributed by atoms with Crippen molar-refractivity contribution in [3.8, 4) is 0 Å². The van der Waals surface area contributed by atoms with E-state index >= 15 is 0 Å². The average Bonchev–Trinajstić information content (AvgIpc) is 2.95. The van der Waals surface area contributed by atoms with Crippen LogP contribution < -0.4 is 5.32 Å². The zero-order chi connectivity index (χ0) is 16.4. The summed E-state index contributed by atoms with van der Waals surface area (Å²) in [6.07, 6.45) is 6.11. The highest BCUT2D eigenvalue weighted by Crippen LogP contribution is 2.30. The van der Waals surface area contributed by atoms with Crippen LogP contribution in [0.4, 0.5) is 5.69 Å². The highest BCUT2D eigenvalue weighted by atomic mass is 35.5. The van der Waals surface area contributed by atoms with Crippen molar-refractivity contribution in [2.45, 2.75) is 51.5 Å². The Labute approximate surface area is 142 Å². The molecule has 1 heterocycles. The number of halogens is 1. The van der Waals surface area contributed by atoms with Gasteiger partial charge in [0.2, 0.25) is 11.8 Å². The second-order valence-electron chi connectivity index (χ2n) is 6.64. The zero-order valence-electron chi connectivity index (χ0n) is 13.5. The lowest BCUT2D eigenvalue weighted by Gasteiger charge is -2.31. The molecule has 2 aliphatic rings. The number of nitrogens with zero attached hydrogens (tertiary/aromatic N) is 1. The first kappa shape index (κ1) is 16.3. The number of nitrogens with one attached hydrogen (secondary N) is 1. The van der Waals surface area contributed by atoms with Crippen molar-refractivity contribution < 1.29 is 9.59 Å². The van der Waals surface area contributed by atoms with E-state index in [1.807, 2.05) is 24.0 Å². The first-order valence-electron chi connectivity index (χ1n) is 8.41. The summed E-state index contributed by atoms with van der Waals surface area (Å²) in [4.78, 5) is 26.7. The summed E-state index contributed by atoms with van der Waals surface area (Å²) >= 11 is 6.09. The van der Waals surface area contributed by atoms with Crippen molar-refractivity contribution in [3.05, 3.63) is 28.8 Å². The van der Waals surface area contributed by atoms with Crippen LogP contribution in [0.25, 0.3) is 0 Å². The fraction of sp³-hybridized carbons (Fsp3) is 0.556. The summed E-state index contributed by atoms with van der Waals surface area (Å²) in [7, 11) is 0. The van der Waals surface area contributed by atoms with E-state index in [9.17, 15) is 9.59 Å². The molecule has 5 heteroatoms. The lowest BCUT2D eigenvalue weighted by molar-refractivity contribution is -0.130. The average molecular weight is 335 g/mol. The Kier molecular flexibility index (Phi) is 4.90. The van der Waals surface area contributed by atoms with Gasteiger partial charge >= 0.3 is 0 Å². The number of carbonyl (C=O) groups excluding carboxylic acids is 2. The number of hydrogen-bond donors (Lipinski definition) is 1. The molecular weight excluding hydrogens is 312 g/mol. The Hall–Kier alpha value is -1.55. The van der Waals surface area contributed by atoms with Crippen molar-refractivity contribution >= 4 is 29.1 Å². The van der Waals surface area contributed by atoms with Crippen molar-refractivity contribution in [2.75, 3.05) is 11.9 Å². The van der Waals surface area contributed by atoms with Crippen LogP contribution in [0.5, 0.6) is 0 Å². The highest BCUT2D eigenvalue weighted by Gasteiger charge is 2.38. The largest absolute Gasteiger partial charge is 0.339 e. The maximum Gasteiger partial charge on any atom is 0.229 e. The molecule has 0 aromatic heterocycles. The van der Waals surface area contributed by atoms with Crippen molar-refractivity contribution in [1.29, 1.82) is 0 Å². The third-order valence-corrected chi connectivity index (χ3v) is 5.48. The van der Waals surface area contributed by atoms with Crippen molar-refractivity contribution in [1.82, 2.24) is 4.90 Å². The summed E-state index contributed by atoms with van der Waals surface area (Å²) < 4.78 is 0. The standard InChI is InChI=1S/C18H23ClN2O2/c1-12-15(19)8-5-9-16(12)20-18(23)13-10-17(22)21(11-13)14-6-3-2-4-7-14/h5,8-9,13-14H,2-4,6-7,10-11H2,1H3,(H,20,23)/t13-/m0/s1. The molecule has 1 saturated heterocycles. The molecule has 0 spiro atoms. The second-order valence-corrected chi connectivity index (χ2v) is 7.05. The maximum absolute atomic E-state index is 12.5. The van der Waals surface area contributed by atoms with E-state index in [0.29, 0.717) is 24.0 Å². The van der Waals surface area contributed by atoms with Gasteiger partial charge in [-0.2, -0.15) is 0 Å². The minimum atomic E-state index is -0.261. The lowest BCUT2D eigenvalue weighted by Crippen LogP contribution is -2.38. The number of benzene rings is 1. The highest BCUT2D eigenvalue weighted by molar-refractivity contribution is 6.31. The first-order valence-corrected chi connectivity index (χ1v) is 8.79. The van der Waals surface area contributed by atoms with Crippen LogP contribution in [-0.2, 0) is 9.59 Å². The van der Waals surface area contributed by atoms with Crippen LogP contribution in [0.1, 0.15) is 44.1 Å². The molecule has 1 aliphatic heterocycles. The normalized spacial score (nSPS) is 22.4. The monoisotopic (exact) mass is 334 g/mol. The Morgan fingerprint density at radius 3 is 2.74 bits per heavy atom. The summed E-state index contributed by atoms with van der Waals surface area (Å²) in [5, 5.41) is 3.57. The van der Waals surface area contributed by atoms with E-state index in [-0.39, 0.29) is 17.7 Å². The molecule has 0 unspecified atom stereocenters. The van der Waals surface area contributed by atoms with Gasteiger partial charge in [-0.05, 0) is 37.5 Å². The predicted molar refractivity (Wildman–Crippen MR) is 91.5 cm³/mol. The number of carbonyl (C=O) groups is 2. The van der Waals surface area contributed by atoms with Crippen LogP contribution in [0.3, 0.4) is 0 Å². The smallest absolute Gasteiger partial charge is 0.229 e. The van der Waals surface area contributed by atoms with E-state index in [4.69, 9.17) is 11.6 Å². The third-order valence-electron chi connectivity index (χ3n) is 5.07. The molecular formula is C18H23ClN2O2. The molecule has 1 aromatic carbocycles. The molecule has 4 nitrogen and oxygen atoms in total. The quantitative estimate of drug-likeness (QED) is 0.914. The van der Waals surface area contributed by atoms with Crippen LogP contribution in [-0.4, -0.2) is 29.3 Å². The van der Waals surface area contributed by atoms with E-state index in [0.717, 1.165) is 24.1 Å². The summed E-state index contributed by atoms with van der Waals surface area (Å²) in [6, 6.07) is 5.80. The molecule has 1 atom stereocenters. The summed E-state index contributed by atoms with van der Waals surface area (Å²) in [6.45, 7) is 2.43. The van der Waals surface area contributed by atoms with Gasteiger partial charge in [0.05, 0.1) is 5.92 Å². The van der Waals surface area contributed by atoms with Crippen LogP contribution in [0, 0.1) is 12.8 Å². The Morgan fingerprint density at radius 2 is 2.00 bits per heavy atom. The van der Waals surface area contributed by atoms with Gasteiger partial charge in [-0.3, -0.25) is 9.59 Å². The van der Waals surface area contributed by atoms with Gasteiger partial charge in [-0.1, -0.05) is 36.9 Å². The van der Waals surface area contributed by atoms with E-state index in [1.54, 1.807) is 6.07 Å². The molecule has 1 saturated carbocycles. The van der Waals surface area contributed by atoms with Gasteiger partial charge in [-0.15, -0.1) is 0 Å². The van der Waals surface area contributed by atoms with E-state index in [2.05, 4.69) is 5.32 Å². The number of anilines is 1. The van der Waals surface area contributed by atoms with Crippen LogP contribution in [0.2, 0.25) is 5.02 Å². The number of likely N-dealkylation sites (tertiary alicyclic amines) is 1. The van der Waals surface area contributed by atoms with Crippen molar-refractivity contribution in [3.63, 3.8) is 0 Å². The molecule has 0 bridgehead atoms. The maximum atomic E-state index is 12.5. The minimum absolute atomic E-state index is 0.0815. The van der Waals surface area contributed by atoms with Crippen LogP contribution >= 0.6 is 11.6 Å². The molecule has 23 heavy (non-hydrogen) atoms. The lowest BCUT2D eigenvalue weighted by atomic mass is 9.94. The fourth-order valence-electron chi connectivity index (χ4n) is 3.63. The van der Waals surface area contributed by atoms with E-state index in [1.165, 1.54) is 19.3 Å². The number of amides is 2. The predicted octanol–water partition coefficient (Wildman–Crippen LogP) is 3.77. The molecule has 1 aromatic rings. The SMILES string of the molecule is Cc1c(Cl)cccc1NC(=O)[C@H]1CC(=O)N(C2CCCCC2)C1. The zero-order valence-corrected chi connectivity index (χ0v) is 14.2. The molecule has 1 N–H and O–H groups in total. The van der Waals surface area contributed by atoms with Gasteiger partial charge in [0.1, 0.15) is 0 Å². The third kappa shape index (κ3) is 3.52. The molecule has 2 amide bonds. The molecule has 0 radical (unpaired) electrons. The Balaban J connectivity index is 1.64. The van der Waals surface area contributed by atoms with Gasteiger partial charge in [0.15, 0.2) is 0 Å². The van der Waals surface area contributed by atoms with Gasteiger partial charge < -0.3 is 10.2 Å². The summed E-state index contributed by atoms with van der Waals surface area (Å²) in [5.41, 5.74) is 1.59. The minimum Gasteiger partial charge on any atom is -0.339 e. The molecule has 3 rings (SSSR count). The summed E-state index contributed by atoms with van der Waals surface area (Å²) in [5.74, 6) is -0.218. The van der Waals surface area contributed by atoms with Gasteiger partial charge in [-0.25, -0.2) is 0 Å². The Bertz CT molecular complexity index is 611. The van der Waals surface area contributed by atoms with Crippen molar-refractivity contribution in [2.24, 2.45) is 5.92 Å². The topological polar surface area (TPSA) is 49.4 Å². The van der Waals surface area contributed by atoms with E-state index < -0.39 is 0 Å². The fourth-order valence-corrected chi connectivity index (χ4v) is 3.81. The van der Waals surface area contributed by atoms with Gasteiger partial charge in [0.25, 0.3) is 0 Å². The van der Waals surface area contributed by atoms with Gasteiger partial charge in [0, 0.05) is 29.7 Å². The molecule has 2 fully saturated rings.